The molecule has 0 radical (unpaired) electrons. The van der Waals surface area contributed by atoms with Crippen molar-refractivity contribution in [2.75, 3.05) is 7.11 Å². The molecule has 120 valence electrons. The van der Waals surface area contributed by atoms with Gasteiger partial charge in [-0.15, -0.1) is 11.3 Å². The molecule has 0 fully saturated rings. The molecule has 4 rings (SSSR count). The maximum Gasteiger partial charge on any atom is 0.136 e. The van der Waals surface area contributed by atoms with E-state index in [-0.39, 0.29) is 6.04 Å². The minimum Gasteiger partial charge on any atom is -0.497 e. The molecule has 0 amide bonds. The molecule has 1 aromatic heterocycles. The number of rotatable bonds is 3. The normalized spacial score (nSPS) is 16.4. The standard InChI is InChI=1S/C20H18N2OS/c1-23-17-7-3-5-14(11-17)13-4-2-6-15(10-13)18-12-16-8-9-24-19(16)20(21)22-18/h2-11,18H,12H2,1H3,(H2,21,22). The number of hydrogen-bond acceptors (Lipinski definition) is 4. The first-order valence-electron chi connectivity index (χ1n) is 7.89. The van der Waals surface area contributed by atoms with Crippen molar-refractivity contribution in [2.24, 2.45) is 10.7 Å². The summed E-state index contributed by atoms with van der Waals surface area (Å²) in [6, 6.07) is 18.9. The van der Waals surface area contributed by atoms with Gasteiger partial charge >= 0.3 is 0 Å². The van der Waals surface area contributed by atoms with Gasteiger partial charge in [0.2, 0.25) is 0 Å². The van der Waals surface area contributed by atoms with E-state index in [9.17, 15) is 0 Å². The van der Waals surface area contributed by atoms with E-state index in [1.54, 1.807) is 18.4 Å². The molecule has 2 N–H and O–H groups in total. The third-order valence-corrected chi connectivity index (χ3v) is 5.34. The van der Waals surface area contributed by atoms with Gasteiger partial charge < -0.3 is 10.5 Å². The van der Waals surface area contributed by atoms with Crippen LogP contribution in [0.1, 0.15) is 22.0 Å². The lowest BCUT2D eigenvalue weighted by Gasteiger charge is -2.20. The van der Waals surface area contributed by atoms with E-state index in [1.807, 2.05) is 12.1 Å². The molecule has 1 unspecified atom stereocenters. The Labute approximate surface area is 145 Å². The Morgan fingerprint density at radius 1 is 1.08 bits per heavy atom. The van der Waals surface area contributed by atoms with Gasteiger partial charge in [-0.1, -0.05) is 30.3 Å². The van der Waals surface area contributed by atoms with Gasteiger partial charge in [-0.2, -0.15) is 0 Å². The van der Waals surface area contributed by atoms with Crippen molar-refractivity contribution in [2.45, 2.75) is 12.5 Å². The molecule has 2 heterocycles. The van der Waals surface area contributed by atoms with Crippen LogP contribution >= 0.6 is 11.3 Å². The van der Waals surface area contributed by atoms with E-state index >= 15 is 0 Å². The number of nitrogens with two attached hydrogens (primary N) is 1. The second kappa shape index (κ2) is 6.13. The first kappa shape index (κ1) is 15.0. The zero-order valence-electron chi connectivity index (χ0n) is 13.4. The number of benzene rings is 2. The average molecular weight is 334 g/mol. The van der Waals surface area contributed by atoms with Gasteiger partial charge in [-0.25, -0.2) is 0 Å². The lowest BCUT2D eigenvalue weighted by Crippen LogP contribution is -2.20. The minimum absolute atomic E-state index is 0.0812. The van der Waals surface area contributed by atoms with E-state index < -0.39 is 0 Å². The molecule has 24 heavy (non-hydrogen) atoms. The second-order valence-corrected chi connectivity index (χ2v) is 6.78. The van der Waals surface area contributed by atoms with Crippen LogP contribution in [0.15, 0.2) is 65.0 Å². The number of nitrogens with zero attached hydrogens (tertiary/aromatic N) is 1. The highest BCUT2D eigenvalue weighted by molar-refractivity contribution is 7.12. The summed E-state index contributed by atoms with van der Waals surface area (Å²) in [6.07, 6.45) is 0.904. The summed E-state index contributed by atoms with van der Waals surface area (Å²) in [7, 11) is 1.69. The lowest BCUT2D eigenvalue weighted by molar-refractivity contribution is 0.415. The van der Waals surface area contributed by atoms with Crippen LogP contribution in [-0.2, 0) is 6.42 Å². The number of ether oxygens (including phenoxy) is 1. The highest BCUT2D eigenvalue weighted by Crippen LogP contribution is 2.33. The van der Waals surface area contributed by atoms with Crippen LogP contribution in [0.4, 0.5) is 0 Å². The van der Waals surface area contributed by atoms with E-state index in [0.717, 1.165) is 28.2 Å². The Hall–Kier alpha value is -2.59. The molecule has 0 aliphatic carbocycles. The van der Waals surface area contributed by atoms with Crippen LogP contribution in [0.2, 0.25) is 0 Å². The Morgan fingerprint density at radius 2 is 1.88 bits per heavy atom. The van der Waals surface area contributed by atoms with Gasteiger partial charge in [0, 0.05) is 6.42 Å². The van der Waals surface area contributed by atoms with Crippen molar-refractivity contribution in [3.8, 4) is 16.9 Å². The summed E-state index contributed by atoms with van der Waals surface area (Å²) >= 11 is 1.67. The number of amidine groups is 1. The largest absolute Gasteiger partial charge is 0.497 e. The number of hydrogen-bond donors (Lipinski definition) is 1. The Kier molecular flexibility index (Phi) is 3.82. The van der Waals surface area contributed by atoms with Gasteiger partial charge in [0.15, 0.2) is 0 Å². The number of fused-ring (bicyclic) bond motifs is 1. The Balaban J connectivity index is 1.69. The monoisotopic (exact) mass is 334 g/mol. The first-order valence-corrected chi connectivity index (χ1v) is 8.77. The maximum atomic E-state index is 6.15. The van der Waals surface area contributed by atoms with Crippen molar-refractivity contribution in [1.29, 1.82) is 0 Å². The van der Waals surface area contributed by atoms with E-state index in [4.69, 9.17) is 15.5 Å². The number of thiophene rings is 1. The predicted molar refractivity (Wildman–Crippen MR) is 99.9 cm³/mol. The van der Waals surface area contributed by atoms with Gasteiger partial charge in [-0.05, 0) is 51.9 Å². The van der Waals surface area contributed by atoms with Crippen LogP contribution in [0, 0.1) is 0 Å². The van der Waals surface area contributed by atoms with E-state index in [1.165, 1.54) is 11.1 Å². The summed E-state index contributed by atoms with van der Waals surface area (Å²) in [5.74, 6) is 1.52. The highest BCUT2D eigenvalue weighted by atomic mass is 32.1. The third kappa shape index (κ3) is 2.69. The fourth-order valence-corrected chi connectivity index (χ4v) is 3.97. The zero-order valence-corrected chi connectivity index (χ0v) is 14.2. The third-order valence-electron chi connectivity index (χ3n) is 4.36. The summed E-state index contributed by atoms with van der Waals surface area (Å²) in [5.41, 5.74) is 10.9. The van der Waals surface area contributed by atoms with Gasteiger partial charge in [0.1, 0.15) is 11.6 Å². The van der Waals surface area contributed by atoms with Crippen LogP contribution in [0.25, 0.3) is 11.1 Å². The fourth-order valence-electron chi connectivity index (χ4n) is 3.12. The van der Waals surface area contributed by atoms with Crippen LogP contribution in [0.5, 0.6) is 5.75 Å². The van der Waals surface area contributed by atoms with Crippen LogP contribution in [-0.4, -0.2) is 12.9 Å². The minimum atomic E-state index is 0.0812. The van der Waals surface area contributed by atoms with Gasteiger partial charge in [0.25, 0.3) is 0 Å². The van der Waals surface area contributed by atoms with E-state index in [2.05, 4.69) is 47.8 Å². The van der Waals surface area contributed by atoms with Crippen molar-refractivity contribution >= 4 is 17.2 Å². The van der Waals surface area contributed by atoms with Crippen LogP contribution in [0.3, 0.4) is 0 Å². The molecule has 3 aromatic rings. The molecular weight excluding hydrogens is 316 g/mol. The topological polar surface area (TPSA) is 47.6 Å². The van der Waals surface area contributed by atoms with E-state index in [0.29, 0.717) is 5.84 Å². The Morgan fingerprint density at radius 3 is 2.71 bits per heavy atom. The molecular formula is C20H18N2OS. The SMILES string of the molecule is COc1cccc(-c2cccc(C3Cc4ccsc4C(N)=N3)c2)c1. The van der Waals surface area contributed by atoms with Gasteiger partial charge in [0.05, 0.1) is 18.0 Å². The number of methoxy groups -OCH3 is 1. The fraction of sp³-hybridized carbons (Fsp3) is 0.150. The first-order chi connectivity index (χ1) is 11.7. The predicted octanol–water partition coefficient (Wildman–Crippen LogP) is 4.43. The highest BCUT2D eigenvalue weighted by Gasteiger charge is 2.22. The lowest BCUT2D eigenvalue weighted by atomic mass is 9.94. The molecule has 3 nitrogen and oxygen atoms in total. The molecule has 0 saturated heterocycles. The van der Waals surface area contributed by atoms with Crippen molar-refractivity contribution in [1.82, 2.24) is 0 Å². The smallest absolute Gasteiger partial charge is 0.136 e. The van der Waals surface area contributed by atoms with Crippen molar-refractivity contribution in [3.63, 3.8) is 0 Å². The summed E-state index contributed by atoms with van der Waals surface area (Å²) in [5, 5.41) is 2.09. The molecule has 2 aromatic carbocycles. The summed E-state index contributed by atoms with van der Waals surface area (Å²) < 4.78 is 5.33. The quantitative estimate of drug-likeness (QED) is 0.770. The average Bonchev–Trinajstić information content (AvgIpc) is 3.11. The molecule has 1 atom stereocenters. The maximum absolute atomic E-state index is 6.15. The number of aliphatic imine (C=N–C) groups is 1. The van der Waals surface area contributed by atoms with Crippen molar-refractivity contribution in [3.05, 3.63) is 76.0 Å². The zero-order chi connectivity index (χ0) is 16.5. The summed E-state index contributed by atoms with van der Waals surface area (Å²) in [6.45, 7) is 0. The molecule has 1 aliphatic heterocycles. The molecule has 0 bridgehead atoms. The Bertz CT molecular complexity index is 913. The molecule has 0 spiro atoms. The molecule has 4 heteroatoms. The molecule has 0 saturated carbocycles. The summed E-state index contributed by atoms with van der Waals surface area (Å²) in [4.78, 5) is 5.84. The van der Waals surface area contributed by atoms with Crippen LogP contribution < -0.4 is 10.5 Å². The van der Waals surface area contributed by atoms with Gasteiger partial charge in [-0.3, -0.25) is 4.99 Å². The molecule has 1 aliphatic rings. The second-order valence-electron chi connectivity index (χ2n) is 5.87. The van der Waals surface area contributed by atoms with Crippen molar-refractivity contribution < 1.29 is 4.74 Å².